The number of benzene rings is 1. The number of nitrogens with zero attached hydrogens (tertiary/aromatic N) is 4. The Labute approximate surface area is 194 Å². The van der Waals surface area contributed by atoms with Crippen molar-refractivity contribution < 1.29 is 9.53 Å². The first-order valence-corrected chi connectivity index (χ1v) is 11.5. The van der Waals surface area contributed by atoms with E-state index in [1.807, 2.05) is 35.8 Å². The molecule has 2 aromatic heterocycles. The van der Waals surface area contributed by atoms with Gasteiger partial charge in [0.2, 0.25) is 5.91 Å². The van der Waals surface area contributed by atoms with E-state index in [1.54, 1.807) is 18.3 Å². The van der Waals surface area contributed by atoms with Gasteiger partial charge in [-0.15, -0.1) is 16.8 Å². The van der Waals surface area contributed by atoms with Crippen LogP contribution in [-0.4, -0.2) is 31.4 Å². The molecule has 3 aromatic rings. The van der Waals surface area contributed by atoms with Crippen molar-refractivity contribution in [2.24, 2.45) is 0 Å². The molecule has 1 atom stereocenters. The average Bonchev–Trinajstić information content (AvgIpc) is 3.14. The number of carbonyl (C=O) groups excluding carboxylic acids is 1. The molecular formula is C22H24BrN5O2S. The van der Waals surface area contributed by atoms with E-state index in [0.29, 0.717) is 23.3 Å². The van der Waals surface area contributed by atoms with Crippen LogP contribution in [0.3, 0.4) is 0 Å². The number of hydrogen-bond acceptors (Lipinski definition) is 6. The highest BCUT2D eigenvalue weighted by atomic mass is 79.9. The summed E-state index contributed by atoms with van der Waals surface area (Å²) in [7, 11) is 0. The molecular weight excluding hydrogens is 478 g/mol. The van der Waals surface area contributed by atoms with Gasteiger partial charge in [0.1, 0.15) is 11.6 Å². The van der Waals surface area contributed by atoms with Crippen LogP contribution in [0.1, 0.15) is 30.0 Å². The third-order valence-corrected chi connectivity index (χ3v) is 5.98. The number of hydrogen-bond donors (Lipinski definition) is 1. The molecule has 1 N–H and O–H groups in total. The highest BCUT2D eigenvalue weighted by Crippen LogP contribution is 2.26. The molecule has 0 saturated carbocycles. The van der Waals surface area contributed by atoms with E-state index in [2.05, 4.69) is 56.9 Å². The Hall–Kier alpha value is -2.65. The largest absolute Gasteiger partial charge is 0.483 e. The van der Waals surface area contributed by atoms with Crippen molar-refractivity contribution in [3.8, 4) is 5.75 Å². The van der Waals surface area contributed by atoms with Crippen molar-refractivity contribution in [3.63, 3.8) is 0 Å². The number of amides is 1. The summed E-state index contributed by atoms with van der Waals surface area (Å²) in [4.78, 5) is 16.4. The van der Waals surface area contributed by atoms with Crippen LogP contribution in [0.25, 0.3) is 0 Å². The molecule has 1 unspecified atom stereocenters. The molecule has 31 heavy (non-hydrogen) atoms. The summed E-state index contributed by atoms with van der Waals surface area (Å²) in [5.41, 5.74) is 2.38. The first-order chi connectivity index (χ1) is 14.9. The number of aromatic nitrogens is 4. The van der Waals surface area contributed by atoms with Gasteiger partial charge in [0, 0.05) is 17.2 Å². The monoisotopic (exact) mass is 501 g/mol. The molecule has 0 aliphatic carbocycles. The number of aryl methyl sites for hydroxylation is 2. The Morgan fingerprint density at radius 3 is 2.77 bits per heavy atom. The fourth-order valence-corrected chi connectivity index (χ4v) is 3.80. The van der Waals surface area contributed by atoms with E-state index < -0.39 is 0 Å². The second kappa shape index (κ2) is 10.6. The van der Waals surface area contributed by atoms with Crippen LogP contribution in [0.15, 0.2) is 58.8 Å². The molecule has 9 heteroatoms. The van der Waals surface area contributed by atoms with Gasteiger partial charge in [0.25, 0.3) is 0 Å². The fourth-order valence-electron chi connectivity index (χ4n) is 2.81. The van der Waals surface area contributed by atoms with Crippen LogP contribution in [0.4, 0.5) is 5.82 Å². The van der Waals surface area contributed by atoms with Crippen molar-refractivity contribution in [2.75, 3.05) is 11.1 Å². The van der Waals surface area contributed by atoms with Crippen molar-refractivity contribution in [1.82, 2.24) is 19.7 Å². The normalized spacial score (nSPS) is 11.7. The Kier molecular flexibility index (Phi) is 7.86. The number of ether oxygens (including phenoxy) is 1. The van der Waals surface area contributed by atoms with E-state index in [0.717, 1.165) is 10.2 Å². The summed E-state index contributed by atoms with van der Waals surface area (Å²) < 4.78 is 8.85. The maximum Gasteiger partial charge on any atom is 0.236 e. The van der Waals surface area contributed by atoms with Gasteiger partial charge in [0.05, 0.1) is 5.75 Å². The average molecular weight is 502 g/mol. The zero-order chi connectivity index (χ0) is 22.4. The topological polar surface area (TPSA) is 81.9 Å². The van der Waals surface area contributed by atoms with Gasteiger partial charge in [-0.3, -0.25) is 9.36 Å². The van der Waals surface area contributed by atoms with Crippen LogP contribution in [0, 0.1) is 13.8 Å². The molecule has 0 aliphatic rings. The lowest BCUT2D eigenvalue weighted by Crippen LogP contribution is -2.16. The van der Waals surface area contributed by atoms with E-state index in [-0.39, 0.29) is 17.8 Å². The molecule has 0 bridgehead atoms. The van der Waals surface area contributed by atoms with E-state index in [4.69, 9.17) is 4.74 Å². The number of anilines is 1. The number of nitrogens with one attached hydrogen (secondary N) is 1. The molecule has 0 radical (unpaired) electrons. The van der Waals surface area contributed by atoms with Crippen molar-refractivity contribution >= 4 is 39.4 Å². The molecule has 0 saturated heterocycles. The maximum absolute atomic E-state index is 12.3. The van der Waals surface area contributed by atoms with Crippen LogP contribution < -0.4 is 10.1 Å². The minimum Gasteiger partial charge on any atom is -0.483 e. The van der Waals surface area contributed by atoms with Gasteiger partial charge in [-0.2, -0.15) is 0 Å². The third-order valence-electron chi connectivity index (χ3n) is 4.54. The minimum atomic E-state index is -0.315. The van der Waals surface area contributed by atoms with E-state index in [1.165, 1.54) is 22.9 Å². The SMILES string of the molecule is C=CCn1c(SCC(=O)Nc2ccc(Br)cn2)nnc1C(C)Oc1ccc(C)c(C)c1. The van der Waals surface area contributed by atoms with Crippen molar-refractivity contribution in [3.05, 3.63) is 70.6 Å². The second-order valence-corrected chi connectivity index (χ2v) is 8.80. The van der Waals surface area contributed by atoms with E-state index in [9.17, 15) is 4.79 Å². The molecule has 1 aromatic carbocycles. The molecule has 2 heterocycles. The summed E-state index contributed by atoms with van der Waals surface area (Å²) in [5, 5.41) is 12.0. The number of pyridine rings is 1. The highest BCUT2D eigenvalue weighted by Gasteiger charge is 2.20. The number of halogens is 1. The minimum absolute atomic E-state index is 0.172. The van der Waals surface area contributed by atoms with Gasteiger partial charge >= 0.3 is 0 Å². The smallest absolute Gasteiger partial charge is 0.236 e. The summed E-state index contributed by atoms with van der Waals surface area (Å²) in [6.07, 6.45) is 3.09. The number of carbonyl (C=O) groups is 1. The van der Waals surface area contributed by atoms with Gasteiger partial charge in [-0.05, 0) is 72.1 Å². The standard InChI is InChI=1S/C22H24BrN5O2S/c1-5-10-28-21(16(4)30-18-8-6-14(2)15(3)11-18)26-27-22(28)31-13-20(29)25-19-9-7-17(23)12-24-19/h5-9,11-12,16H,1,10,13H2,2-4H3,(H,24,25,29). The molecule has 0 fully saturated rings. The summed E-state index contributed by atoms with van der Waals surface area (Å²) >= 11 is 4.62. The highest BCUT2D eigenvalue weighted by molar-refractivity contribution is 9.10. The summed E-state index contributed by atoms with van der Waals surface area (Å²) in [5.74, 6) is 1.96. The second-order valence-electron chi connectivity index (χ2n) is 6.94. The Bertz CT molecular complexity index is 1070. The van der Waals surface area contributed by atoms with Gasteiger partial charge in [-0.25, -0.2) is 4.98 Å². The molecule has 0 aliphatic heterocycles. The lowest BCUT2D eigenvalue weighted by molar-refractivity contribution is -0.113. The lowest BCUT2D eigenvalue weighted by atomic mass is 10.1. The quantitative estimate of drug-likeness (QED) is 0.324. The predicted molar refractivity (Wildman–Crippen MR) is 126 cm³/mol. The molecule has 3 rings (SSSR count). The van der Waals surface area contributed by atoms with E-state index >= 15 is 0 Å². The lowest BCUT2D eigenvalue weighted by Gasteiger charge is -2.16. The van der Waals surface area contributed by atoms with Crippen LogP contribution in [-0.2, 0) is 11.3 Å². The molecule has 0 spiro atoms. The summed E-state index contributed by atoms with van der Waals surface area (Å²) in [6, 6.07) is 9.54. The molecule has 7 nitrogen and oxygen atoms in total. The maximum atomic E-state index is 12.3. The van der Waals surface area contributed by atoms with Crippen molar-refractivity contribution in [1.29, 1.82) is 0 Å². The first-order valence-electron chi connectivity index (χ1n) is 9.69. The van der Waals surface area contributed by atoms with Crippen LogP contribution in [0.5, 0.6) is 5.75 Å². The number of rotatable bonds is 9. The predicted octanol–water partition coefficient (Wildman–Crippen LogP) is 5.11. The zero-order valence-electron chi connectivity index (χ0n) is 17.6. The first kappa shape index (κ1) is 23.0. The molecule has 162 valence electrons. The van der Waals surface area contributed by atoms with Gasteiger partial charge in [0.15, 0.2) is 17.1 Å². The van der Waals surface area contributed by atoms with Crippen molar-refractivity contribution in [2.45, 2.75) is 38.6 Å². The Balaban J connectivity index is 1.67. The Morgan fingerprint density at radius 2 is 2.10 bits per heavy atom. The number of thioether (sulfide) groups is 1. The third kappa shape index (κ3) is 6.18. The number of allylic oxidation sites excluding steroid dienone is 1. The van der Waals surface area contributed by atoms with Crippen LogP contribution in [0.2, 0.25) is 0 Å². The fraction of sp³-hybridized carbons (Fsp3) is 0.273. The van der Waals surface area contributed by atoms with Gasteiger partial charge in [-0.1, -0.05) is 23.9 Å². The van der Waals surface area contributed by atoms with Crippen LogP contribution >= 0.6 is 27.7 Å². The Morgan fingerprint density at radius 1 is 1.29 bits per heavy atom. The molecule has 1 amide bonds. The summed E-state index contributed by atoms with van der Waals surface area (Å²) in [6.45, 7) is 10.4. The van der Waals surface area contributed by atoms with Gasteiger partial charge < -0.3 is 10.1 Å². The zero-order valence-corrected chi connectivity index (χ0v) is 20.0.